The van der Waals surface area contributed by atoms with Gasteiger partial charge in [0.25, 0.3) is 5.91 Å². The molecule has 1 saturated heterocycles. The van der Waals surface area contributed by atoms with Gasteiger partial charge in [-0.2, -0.15) is 13.2 Å². The topological polar surface area (TPSA) is 97.5 Å². The highest BCUT2D eigenvalue weighted by Gasteiger charge is 2.72. The summed E-state index contributed by atoms with van der Waals surface area (Å²) in [7, 11) is -3.61. The monoisotopic (exact) mass is 524 g/mol. The van der Waals surface area contributed by atoms with Gasteiger partial charge in [-0.15, -0.1) is 0 Å². The third-order valence-corrected chi connectivity index (χ3v) is 8.84. The molecule has 0 bridgehead atoms. The lowest BCUT2D eigenvalue weighted by atomic mass is 9.82. The summed E-state index contributed by atoms with van der Waals surface area (Å²) in [4.78, 5) is 27.5. The Balaban J connectivity index is 1.59. The van der Waals surface area contributed by atoms with Crippen molar-refractivity contribution in [1.82, 2.24) is 4.90 Å². The number of carbonyl (C=O) groups is 2. The Morgan fingerprint density at radius 2 is 1.83 bits per heavy atom. The van der Waals surface area contributed by atoms with E-state index < -0.39 is 56.7 Å². The van der Waals surface area contributed by atoms with Gasteiger partial charge in [0.1, 0.15) is 11.9 Å². The minimum Gasteiger partial charge on any atom is -0.368 e. The fraction of sp³-hybridized carbons (Fsp3) is 0.440. The molecule has 11 heteroatoms. The number of nitrogens with zero attached hydrogens (tertiary/aromatic N) is 1. The summed E-state index contributed by atoms with van der Waals surface area (Å²) in [5.74, 6) is -3.29. The number of fused-ring (bicyclic) bond motifs is 1. The first-order chi connectivity index (χ1) is 16.7. The number of piperidine rings is 1. The molecule has 2 saturated carbocycles. The number of hydrogen-bond donors (Lipinski definition) is 1. The van der Waals surface area contributed by atoms with E-state index in [-0.39, 0.29) is 22.3 Å². The lowest BCUT2D eigenvalue weighted by Crippen LogP contribution is -2.53. The molecular weight excluding hydrogens is 500 g/mol. The number of rotatable bonds is 6. The largest absolute Gasteiger partial charge is 0.419 e. The van der Waals surface area contributed by atoms with Gasteiger partial charge >= 0.3 is 6.18 Å². The number of hydrogen-bond acceptors (Lipinski definition) is 4. The molecule has 3 unspecified atom stereocenters. The predicted molar refractivity (Wildman–Crippen MR) is 121 cm³/mol. The molecule has 192 valence electrons. The molecule has 0 radical (unpaired) electrons. The average Bonchev–Trinajstić information content (AvgIpc) is 3.70. The van der Waals surface area contributed by atoms with Crippen molar-refractivity contribution >= 4 is 21.7 Å². The number of alkyl halides is 3. The van der Waals surface area contributed by atoms with Gasteiger partial charge in [0.2, 0.25) is 5.91 Å². The number of halogens is 4. The molecular formula is C25H24F4N2O4S. The summed E-state index contributed by atoms with van der Waals surface area (Å²) < 4.78 is 78.1. The first kappa shape index (κ1) is 24.7. The maximum absolute atomic E-state index is 14.6. The Morgan fingerprint density at radius 3 is 2.39 bits per heavy atom. The van der Waals surface area contributed by atoms with Crippen molar-refractivity contribution in [2.45, 2.75) is 54.3 Å². The Bertz CT molecular complexity index is 1370. The zero-order chi connectivity index (χ0) is 26.2. The number of carbonyl (C=O) groups excluding carboxylic acids is 2. The number of amides is 2. The Kier molecular flexibility index (Phi) is 5.51. The number of benzene rings is 2. The van der Waals surface area contributed by atoms with Gasteiger partial charge in [-0.05, 0) is 73.4 Å². The minimum absolute atomic E-state index is 0.00965. The number of sulfone groups is 1. The van der Waals surface area contributed by atoms with Gasteiger partial charge in [0, 0.05) is 17.7 Å². The Hall–Kier alpha value is -2.95. The number of likely N-dealkylation sites (tertiary alicyclic amines) is 1. The van der Waals surface area contributed by atoms with Gasteiger partial charge in [-0.25, -0.2) is 12.8 Å². The van der Waals surface area contributed by atoms with E-state index in [0.29, 0.717) is 18.4 Å². The number of primary amides is 1. The molecule has 0 spiro atoms. The lowest BCUT2D eigenvalue weighted by molar-refractivity contribution is -0.140. The molecule has 2 N–H and O–H groups in total. The molecule has 5 rings (SSSR count). The highest BCUT2D eigenvalue weighted by molar-refractivity contribution is 7.90. The van der Waals surface area contributed by atoms with Crippen LogP contribution in [0.5, 0.6) is 0 Å². The van der Waals surface area contributed by atoms with E-state index in [1.54, 1.807) is 0 Å². The first-order valence-electron chi connectivity index (χ1n) is 11.5. The van der Waals surface area contributed by atoms with E-state index in [9.17, 15) is 35.6 Å². The zero-order valence-electron chi connectivity index (χ0n) is 19.3. The maximum Gasteiger partial charge on any atom is 0.419 e. The van der Waals surface area contributed by atoms with E-state index in [1.807, 2.05) is 0 Å². The van der Waals surface area contributed by atoms with E-state index >= 15 is 0 Å². The van der Waals surface area contributed by atoms with Crippen molar-refractivity contribution in [3.63, 3.8) is 0 Å². The maximum atomic E-state index is 14.6. The van der Waals surface area contributed by atoms with Crippen LogP contribution in [0.4, 0.5) is 17.6 Å². The van der Waals surface area contributed by atoms with Gasteiger partial charge in [0.05, 0.1) is 16.0 Å². The summed E-state index contributed by atoms with van der Waals surface area (Å²) in [5, 5.41) is 0. The molecule has 6 nitrogen and oxygen atoms in total. The second-order valence-corrected chi connectivity index (χ2v) is 12.1. The van der Waals surface area contributed by atoms with E-state index in [4.69, 9.17) is 5.73 Å². The van der Waals surface area contributed by atoms with Gasteiger partial charge in [0.15, 0.2) is 9.84 Å². The normalized spacial score (nSPS) is 26.4. The van der Waals surface area contributed by atoms with E-state index in [2.05, 4.69) is 0 Å². The van der Waals surface area contributed by atoms with Crippen LogP contribution in [-0.4, -0.2) is 43.0 Å². The lowest BCUT2D eigenvalue weighted by Gasteiger charge is -2.39. The van der Waals surface area contributed by atoms with Crippen molar-refractivity contribution in [2.75, 3.05) is 6.26 Å². The van der Waals surface area contributed by atoms with Crippen molar-refractivity contribution in [3.05, 3.63) is 65.0 Å². The van der Waals surface area contributed by atoms with Crippen LogP contribution in [0.15, 0.2) is 47.4 Å². The van der Waals surface area contributed by atoms with Gasteiger partial charge in [-0.3, -0.25) is 9.59 Å². The molecule has 3 aliphatic rings. The molecule has 2 amide bonds. The van der Waals surface area contributed by atoms with Crippen LogP contribution < -0.4 is 5.73 Å². The fourth-order valence-electron chi connectivity index (χ4n) is 6.04. The Morgan fingerprint density at radius 1 is 1.14 bits per heavy atom. The van der Waals surface area contributed by atoms with E-state index in [1.165, 1.54) is 35.2 Å². The van der Waals surface area contributed by atoms with Crippen LogP contribution in [-0.2, 0) is 20.8 Å². The van der Waals surface area contributed by atoms with Gasteiger partial charge in [-0.1, -0.05) is 12.1 Å². The minimum atomic E-state index is -4.84. The smallest absolute Gasteiger partial charge is 0.368 e. The predicted octanol–water partition coefficient (Wildman–Crippen LogP) is 3.90. The second kappa shape index (κ2) is 8.03. The first-order valence-corrected chi connectivity index (χ1v) is 13.4. The quantitative estimate of drug-likeness (QED) is 0.580. The highest BCUT2D eigenvalue weighted by atomic mass is 32.2. The molecule has 1 aliphatic heterocycles. The van der Waals surface area contributed by atoms with Crippen LogP contribution in [0.2, 0.25) is 0 Å². The van der Waals surface area contributed by atoms with Crippen LogP contribution in [0.1, 0.15) is 53.1 Å². The summed E-state index contributed by atoms with van der Waals surface area (Å²) >= 11 is 0. The van der Waals surface area contributed by atoms with Crippen molar-refractivity contribution in [2.24, 2.45) is 17.6 Å². The van der Waals surface area contributed by atoms with Crippen LogP contribution >= 0.6 is 0 Å². The molecule has 2 aromatic carbocycles. The third-order valence-electron chi connectivity index (χ3n) is 7.73. The third kappa shape index (κ3) is 3.97. The Labute approximate surface area is 205 Å². The van der Waals surface area contributed by atoms with Gasteiger partial charge < -0.3 is 10.6 Å². The molecule has 36 heavy (non-hydrogen) atoms. The molecule has 3 fully saturated rings. The van der Waals surface area contributed by atoms with Crippen molar-refractivity contribution in [3.8, 4) is 0 Å². The highest BCUT2D eigenvalue weighted by Crippen LogP contribution is 2.69. The van der Waals surface area contributed by atoms with Crippen molar-refractivity contribution < 1.29 is 35.6 Å². The summed E-state index contributed by atoms with van der Waals surface area (Å²) in [5.41, 5.74) is 3.78. The van der Waals surface area contributed by atoms with Crippen LogP contribution in [0.25, 0.3) is 0 Å². The molecule has 1 heterocycles. The standard InChI is InChI=1S/C25H24F4N2O4S/c1-36(34,35)17-4-2-3-15(9-17)23(33)31-20(22(30)32)11-16-12-24(16,31)21(13-5-6-13)14-7-8-18(19(26)10-14)25(27,28)29/h2-4,7-10,13,16,20-21H,5-6,11-12H2,1H3,(H2,30,32)/t16?,20?,21-,24?/m1/s1. The molecule has 2 aromatic rings. The summed E-state index contributed by atoms with van der Waals surface area (Å²) in [6.45, 7) is 0. The van der Waals surface area contributed by atoms with Crippen molar-refractivity contribution in [1.29, 1.82) is 0 Å². The second-order valence-electron chi connectivity index (χ2n) is 10.1. The SMILES string of the molecule is CS(=O)(=O)c1cccc(C(=O)N2C(C(N)=O)CC3CC32[C@@H](c2ccc(C(F)(F)F)c(F)c2)C2CC2)c1. The molecule has 0 aromatic heterocycles. The van der Waals surface area contributed by atoms with Crippen LogP contribution in [0.3, 0.4) is 0 Å². The molecule has 4 atom stereocenters. The summed E-state index contributed by atoms with van der Waals surface area (Å²) in [6.07, 6.45) is -1.52. The average molecular weight is 525 g/mol. The van der Waals surface area contributed by atoms with Crippen LogP contribution in [0, 0.1) is 17.7 Å². The summed E-state index contributed by atoms with van der Waals surface area (Å²) in [6, 6.07) is 7.37. The molecule has 2 aliphatic carbocycles. The van der Waals surface area contributed by atoms with E-state index in [0.717, 1.165) is 31.2 Å². The zero-order valence-corrected chi connectivity index (χ0v) is 20.1. The number of nitrogens with two attached hydrogens (primary N) is 1. The fourth-order valence-corrected chi connectivity index (χ4v) is 6.71.